The van der Waals surface area contributed by atoms with Gasteiger partial charge in [-0.05, 0) is 68.1 Å². The minimum absolute atomic E-state index is 0.0762. The molecule has 1 amide bonds. The minimum atomic E-state index is -0.977. The number of benzene rings is 3. The van der Waals surface area contributed by atoms with Crippen LogP contribution in [0.25, 0.3) is 11.0 Å². The zero-order chi connectivity index (χ0) is 26.1. The van der Waals surface area contributed by atoms with E-state index in [9.17, 15) is 9.90 Å². The Morgan fingerprint density at radius 1 is 0.973 bits per heavy atom. The summed E-state index contributed by atoms with van der Waals surface area (Å²) in [5.41, 5.74) is 7.17. The molecule has 6 heteroatoms. The van der Waals surface area contributed by atoms with Gasteiger partial charge in [0, 0.05) is 5.39 Å². The molecule has 0 aliphatic heterocycles. The Morgan fingerprint density at radius 3 is 2.46 bits per heavy atom. The van der Waals surface area contributed by atoms with Crippen LogP contribution < -0.4 is 5.32 Å². The quantitative estimate of drug-likeness (QED) is 0.282. The van der Waals surface area contributed by atoms with Crippen LogP contribution in [0.5, 0.6) is 0 Å². The average Bonchev–Trinajstić information content (AvgIpc) is 3.45. The highest BCUT2D eigenvalue weighted by atomic mass is 16.5. The van der Waals surface area contributed by atoms with Crippen LogP contribution in [-0.2, 0) is 11.2 Å². The number of aryl methyl sites for hydroxylation is 4. The van der Waals surface area contributed by atoms with Gasteiger partial charge in [0.15, 0.2) is 0 Å². The van der Waals surface area contributed by atoms with E-state index >= 15 is 0 Å². The van der Waals surface area contributed by atoms with Gasteiger partial charge < -0.3 is 19.4 Å². The molecular weight excluding hydrogens is 464 g/mol. The predicted octanol–water partition coefficient (Wildman–Crippen LogP) is 6.18. The van der Waals surface area contributed by atoms with Gasteiger partial charge in [-0.15, -0.1) is 0 Å². The summed E-state index contributed by atoms with van der Waals surface area (Å²) in [5, 5.41) is 18.8. The number of aliphatic hydroxyl groups excluding tert-OH is 1. The molecule has 188 valence electrons. The summed E-state index contributed by atoms with van der Waals surface area (Å²) in [4.78, 5) is 13.2. The van der Waals surface area contributed by atoms with Gasteiger partial charge in [-0.1, -0.05) is 65.3 Å². The number of hydrogen-bond donors (Lipinski definition) is 2. The first-order valence-corrected chi connectivity index (χ1v) is 12.3. The number of rotatable bonds is 7. The molecule has 1 unspecified atom stereocenters. The fourth-order valence-corrected chi connectivity index (χ4v) is 4.91. The number of nitrogens with one attached hydrogen (secondary N) is 1. The van der Waals surface area contributed by atoms with Crippen molar-refractivity contribution in [1.82, 2.24) is 10.5 Å². The summed E-state index contributed by atoms with van der Waals surface area (Å²) < 4.78 is 11.1. The van der Waals surface area contributed by atoms with Gasteiger partial charge in [-0.3, -0.25) is 4.79 Å². The predicted molar refractivity (Wildman–Crippen MR) is 142 cm³/mol. The summed E-state index contributed by atoms with van der Waals surface area (Å²) in [5.74, 6) is 0.886. The Labute approximate surface area is 215 Å². The van der Waals surface area contributed by atoms with Gasteiger partial charge in [0.25, 0.3) is 0 Å². The Kier molecular flexibility index (Phi) is 6.68. The van der Waals surface area contributed by atoms with Crippen molar-refractivity contribution in [3.8, 4) is 0 Å². The molecule has 0 aliphatic rings. The van der Waals surface area contributed by atoms with Crippen LogP contribution in [0, 0.1) is 27.7 Å². The standard InChI is InChI=1S/C31H30N2O4/c1-18-10-12-25(19(2)14-18)30(23-8-6-5-7-9-23)32-28(34)16-22-11-13-26-24(15-22)17-27(36-26)31(35)29-20(3)33-37-21(29)4/h5-15,17,30-31,35H,16H2,1-4H3,(H,32,34)/t30-,31?/m0/s1. The molecule has 3 aromatic carbocycles. The fourth-order valence-electron chi connectivity index (χ4n) is 4.91. The molecule has 0 saturated heterocycles. The lowest BCUT2D eigenvalue weighted by Gasteiger charge is -2.22. The molecular formula is C31H30N2O4. The molecule has 0 radical (unpaired) electrons. The second kappa shape index (κ2) is 10.1. The number of fused-ring (bicyclic) bond motifs is 1. The highest BCUT2D eigenvalue weighted by Crippen LogP contribution is 2.32. The van der Waals surface area contributed by atoms with Crippen LogP contribution in [0.15, 0.2) is 81.7 Å². The summed E-state index contributed by atoms with van der Waals surface area (Å²) in [7, 11) is 0. The lowest BCUT2D eigenvalue weighted by atomic mass is 9.93. The molecule has 0 fully saturated rings. The first-order chi connectivity index (χ1) is 17.8. The molecule has 2 aromatic heterocycles. The number of amides is 1. The number of furan rings is 1. The van der Waals surface area contributed by atoms with Crippen LogP contribution >= 0.6 is 0 Å². The van der Waals surface area contributed by atoms with Gasteiger partial charge in [0.2, 0.25) is 5.91 Å². The molecule has 5 aromatic rings. The van der Waals surface area contributed by atoms with Crippen molar-refractivity contribution >= 4 is 16.9 Å². The largest absolute Gasteiger partial charge is 0.458 e. The third-order valence-electron chi connectivity index (χ3n) is 6.77. The SMILES string of the molecule is Cc1ccc([C@@H](NC(=O)Cc2ccc3oc(C(O)c4c(C)noc4C)cc3c2)c2ccccc2)c(C)c1. The normalized spacial score (nSPS) is 13.0. The van der Waals surface area contributed by atoms with Crippen molar-refractivity contribution in [1.29, 1.82) is 0 Å². The highest BCUT2D eigenvalue weighted by molar-refractivity contribution is 5.83. The number of carbonyl (C=O) groups is 1. The Morgan fingerprint density at radius 2 is 1.76 bits per heavy atom. The zero-order valence-corrected chi connectivity index (χ0v) is 21.4. The van der Waals surface area contributed by atoms with Gasteiger partial charge in [0.1, 0.15) is 23.2 Å². The van der Waals surface area contributed by atoms with Gasteiger partial charge in [-0.25, -0.2) is 0 Å². The van der Waals surface area contributed by atoms with Crippen LogP contribution in [0.4, 0.5) is 0 Å². The van der Waals surface area contributed by atoms with Crippen LogP contribution in [0.2, 0.25) is 0 Å². The topological polar surface area (TPSA) is 88.5 Å². The van der Waals surface area contributed by atoms with Crippen molar-refractivity contribution in [2.24, 2.45) is 0 Å². The summed E-state index contributed by atoms with van der Waals surface area (Å²) in [6.07, 6.45) is -0.758. The van der Waals surface area contributed by atoms with Gasteiger partial charge in [-0.2, -0.15) is 0 Å². The summed E-state index contributed by atoms with van der Waals surface area (Å²) in [6, 6.07) is 23.5. The second-order valence-corrected chi connectivity index (χ2v) is 9.61. The molecule has 6 nitrogen and oxygen atoms in total. The van der Waals surface area contributed by atoms with Crippen molar-refractivity contribution in [3.63, 3.8) is 0 Å². The number of hydrogen-bond acceptors (Lipinski definition) is 5. The number of nitrogens with zero attached hydrogens (tertiary/aromatic N) is 1. The van der Waals surface area contributed by atoms with E-state index in [0.717, 1.165) is 27.6 Å². The molecule has 2 atom stereocenters. The molecule has 0 saturated carbocycles. The van der Waals surface area contributed by atoms with E-state index in [1.54, 1.807) is 19.9 Å². The van der Waals surface area contributed by atoms with Crippen LogP contribution in [-0.4, -0.2) is 16.2 Å². The lowest BCUT2D eigenvalue weighted by molar-refractivity contribution is -0.120. The highest BCUT2D eigenvalue weighted by Gasteiger charge is 2.24. The third-order valence-corrected chi connectivity index (χ3v) is 6.77. The first-order valence-electron chi connectivity index (χ1n) is 12.3. The number of aromatic nitrogens is 1. The smallest absolute Gasteiger partial charge is 0.225 e. The maximum atomic E-state index is 13.2. The van der Waals surface area contributed by atoms with E-state index in [-0.39, 0.29) is 18.4 Å². The average molecular weight is 495 g/mol. The Balaban J connectivity index is 1.37. The van der Waals surface area contributed by atoms with Crippen molar-refractivity contribution in [2.75, 3.05) is 0 Å². The Hall–Kier alpha value is -4.16. The second-order valence-electron chi connectivity index (χ2n) is 9.61. The van der Waals surface area contributed by atoms with E-state index in [1.165, 1.54) is 5.56 Å². The molecule has 0 spiro atoms. The molecule has 37 heavy (non-hydrogen) atoms. The van der Waals surface area contributed by atoms with Crippen LogP contribution in [0.1, 0.15) is 62.7 Å². The lowest BCUT2D eigenvalue weighted by Crippen LogP contribution is -2.31. The van der Waals surface area contributed by atoms with E-state index in [2.05, 4.69) is 42.5 Å². The Bertz CT molecular complexity index is 1550. The van der Waals surface area contributed by atoms with Crippen molar-refractivity contribution < 1.29 is 18.8 Å². The van der Waals surface area contributed by atoms with E-state index < -0.39 is 6.10 Å². The summed E-state index contributed by atoms with van der Waals surface area (Å²) in [6.45, 7) is 7.69. The van der Waals surface area contributed by atoms with E-state index in [4.69, 9.17) is 8.94 Å². The third kappa shape index (κ3) is 5.06. The van der Waals surface area contributed by atoms with E-state index in [0.29, 0.717) is 28.4 Å². The monoisotopic (exact) mass is 494 g/mol. The molecule has 0 aliphatic carbocycles. The summed E-state index contributed by atoms with van der Waals surface area (Å²) >= 11 is 0. The van der Waals surface area contributed by atoms with Crippen molar-refractivity contribution in [3.05, 3.63) is 123 Å². The zero-order valence-electron chi connectivity index (χ0n) is 21.4. The molecule has 2 heterocycles. The van der Waals surface area contributed by atoms with Crippen LogP contribution in [0.3, 0.4) is 0 Å². The van der Waals surface area contributed by atoms with Gasteiger partial charge >= 0.3 is 0 Å². The van der Waals surface area contributed by atoms with E-state index in [1.807, 2.05) is 48.5 Å². The molecule has 2 N–H and O–H groups in total. The molecule has 0 bridgehead atoms. The number of carbonyl (C=O) groups excluding carboxylic acids is 1. The van der Waals surface area contributed by atoms with Crippen molar-refractivity contribution in [2.45, 2.75) is 46.3 Å². The van der Waals surface area contributed by atoms with Gasteiger partial charge in [0.05, 0.1) is 23.7 Å². The first kappa shape index (κ1) is 24.5. The minimum Gasteiger partial charge on any atom is -0.458 e. The maximum absolute atomic E-state index is 13.2. The number of aliphatic hydroxyl groups is 1. The fraction of sp³-hybridized carbons (Fsp3) is 0.226. The molecule has 5 rings (SSSR count). The maximum Gasteiger partial charge on any atom is 0.225 e.